The predicted octanol–water partition coefficient (Wildman–Crippen LogP) is 4.62. The molecule has 1 saturated carbocycles. The Bertz CT molecular complexity index is 1580. The highest BCUT2D eigenvalue weighted by atomic mass is 32.1. The largest absolute Gasteiger partial charge is 0.413 e. The van der Waals surface area contributed by atoms with Crippen molar-refractivity contribution in [3.63, 3.8) is 0 Å². The smallest absolute Gasteiger partial charge is 0.396 e. The molecule has 3 heterocycles. The van der Waals surface area contributed by atoms with Crippen LogP contribution in [0.25, 0.3) is 20.8 Å². The van der Waals surface area contributed by atoms with Gasteiger partial charge in [0.15, 0.2) is 11.8 Å². The van der Waals surface area contributed by atoms with E-state index in [0.29, 0.717) is 28.4 Å². The Hall–Kier alpha value is -3.53. The average Bonchev–Trinajstić information content (AvgIpc) is 3.44. The molecular formula is C26H25F5N6O3S. The Balaban J connectivity index is 1.64. The summed E-state index contributed by atoms with van der Waals surface area (Å²) in [5, 5.41) is 36.6. The molecule has 0 amide bonds. The number of aromatic nitrogens is 4. The number of anilines is 2. The standard InChI is InChI=1S/C26H25F5N6O3S/c1-11-17(23-34-19-12(2)32-9-7-16(19)41-23)22(37-25(40)8-6-13(10-38)21(25)39)36-24(33-11)35-20(26(29,30)31)18-14(27)4-3-5-15(18)28/h3-5,7,9,13,20-21,38-40H,6,8,10H2,1-2H3,(H2,33,35,36,37). The molecule has 0 spiro atoms. The first kappa shape index (κ1) is 29.0. The second-order valence-electron chi connectivity index (χ2n) is 9.85. The summed E-state index contributed by atoms with van der Waals surface area (Å²) in [5.74, 6) is -4.31. The Morgan fingerprint density at radius 1 is 1.10 bits per heavy atom. The van der Waals surface area contributed by atoms with Crippen LogP contribution in [0.2, 0.25) is 0 Å². The van der Waals surface area contributed by atoms with Crippen LogP contribution in [0.4, 0.5) is 33.7 Å². The van der Waals surface area contributed by atoms with E-state index in [1.807, 2.05) is 5.32 Å². The maximum Gasteiger partial charge on any atom is 0.413 e. The number of fused-ring (bicyclic) bond motifs is 1. The number of aliphatic hydroxyl groups excluding tert-OH is 2. The Kier molecular flexibility index (Phi) is 7.57. The van der Waals surface area contributed by atoms with Gasteiger partial charge < -0.3 is 26.0 Å². The van der Waals surface area contributed by atoms with Gasteiger partial charge in [0.2, 0.25) is 5.95 Å². The van der Waals surface area contributed by atoms with Gasteiger partial charge in [0, 0.05) is 18.7 Å². The molecule has 0 bridgehead atoms. The molecule has 5 rings (SSSR count). The summed E-state index contributed by atoms with van der Waals surface area (Å²) in [6.07, 6.45) is -4.76. The molecule has 4 unspecified atom stereocenters. The topological polar surface area (TPSA) is 136 Å². The number of hydrogen-bond donors (Lipinski definition) is 5. The lowest BCUT2D eigenvalue weighted by atomic mass is 10.0. The summed E-state index contributed by atoms with van der Waals surface area (Å²) in [4.78, 5) is 17.1. The lowest BCUT2D eigenvalue weighted by Gasteiger charge is -2.31. The molecule has 1 fully saturated rings. The Morgan fingerprint density at radius 2 is 1.80 bits per heavy atom. The minimum Gasteiger partial charge on any atom is -0.396 e. The van der Waals surface area contributed by atoms with Gasteiger partial charge >= 0.3 is 6.18 Å². The summed E-state index contributed by atoms with van der Waals surface area (Å²) < 4.78 is 71.9. The molecule has 0 saturated heterocycles. The fourth-order valence-corrected chi connectivity index (χ4v) is 6.05. The van der Waals surface area contributed by atoms with Crippen molar-refractivity contribution >= 4 is 33.3 Å². The van der Waals surface area contributed by atoms with E-state index < -0.39 is 59.7 Å². The molecule has 0 radical (unpaired) electrons. The van der Waals surface area contributed by atoms with Gasteiger partial charge in [-0.05, 0) is 44.9 Å². The summed E-state index contributed by atoms with van der Waals surface area (Å²) in [7, 11) is 0. The minimum atomic E-state index is -5.15. The van der Waals surface area contributed by atoms with Crippen molar-refractivity contribution in [2.45, 2.75) is 50.7 Å². The fourth-order valence-electron chi connectivity index (χ4n) is 4.94. The minimum absolute atomic E-state index is 0.0147. The number of nitrogens with zero attached hydrogens (tertiary/aromatic N) is 4. The highest BCUT2D eigenvalue weighted by molar-refractivity contribution is 7.21. The Labute approximate surface area is 234 Å². The van der Waals surface area contributed by atoms with E-state index in [4.69, 9.17) is 0 Å². The zero-order valence-electron chi connectivity index (χ0n) is 21.7. The van der Waals surface area contributed by atoms with Gasteiger partial charge in [-0.1, -0.05) is 6.07 Å². The van der Waals surface area contributed by atoms with Crippen molar-refractivity contribution in [2.75, 3.05) is 17.2 Å². The van der Waals surface area contributed by atoms with Crippen LogP contribution in [0.5, 0.6) is 0 Å². The van der Waals surface area contributed by atoms with Crippen LogP contribution >= 0.6 is 11.3 Å². The number of alkyl halides is 3. The SMILES string of the molecule is Cc1nc(NC(c2c(F)cccc2F)C(F)(F)F)nc(NC2(O)CCC(CO)C2O)c1-c1nc2c(C)nccc2s1. The van der Waals surface area contributed by atoms with E-state index in [0.717, 1.165) is 10.8 Å². The van der Waals surface area contributed by atoms with Gasteiger partial charge in [-0.2, -0.15) is 18.2 Å². The van der Waals surface area contributed by atoms with Crippen molar-refractivity contribution in [1.29, 1.82) is 0 Å². The van der Waals surface area contributed by atoms with Crippen LogP contribution in [-0.4, -0.2) is 59.9 Å². The number of benzene rings is 1. The highest BCUT2D eigenvalue weighted by Crippen LogP contribution is 2.42. The van der Waals surface area contributed by atoms with Crippen LogP contribution < -0.4 is 10.6 Å². The third kappa shape index (κ3) is 5.41. The molecule has 5 N–H and O–H groups in total. The number of aryl methyl sites for hydroxylation is 2. The first-order chi connectivity index (χ1) is 19.3. The van der Waals surface area contributed by atoms with Crippen molar-refractivity contribution in [2.24, 2.45) is 5.92 Å². The molecule has 4 aromatic rings. The first-order valence-electron chi connectivity index (χ1n) is 12.5. The number of rotatable bonds is 7. The predicted molar refractivity (Wildman–Crippen MR) is 141 cm³/mol. The van der Waals surface area contributed by atoms with E-state index in [1.165, 1.54) is 18.3 Å². The molecule has 3 aromatic heterocycles. The number of nitrogens with one attached hydrogen (secondary N) is 2. The van der Waals surface area contributed by atoms with Gasteiger partial charge in [0.25, 0.3) is 0 Å². The maximum absolute atomic E-state index is 14.4. The van der Waals surface area contributed by atoms with Gasteiger partial charge in [0.05, 0.1) is 27.2 Å². The lowest BCUT2D eigenvalue weighted by molar-refractivity contribution is -0.145. The van der Waals surface area contributed by atoms with Gasteiger partial charge in [0.1, 0.15) is 34.1 Å². The third-order valence-electron chi connectivity index (χ3n) is 7.08. The summed E-state index contributed by atoms with van der Waals surface area (Å²) in [6, 6.07) is 1.25. The molecule has 4 atom stereocenters. The number of thiazole rings is 1. The van der Waals surface area contributed by atoms with Crippen molar-refractivity contribution in [3.8, 4) is 10.6 Å². The van der Waals surface area contributed by atoms with E-state index in [2.05, 4.69) is 25.3 Å². The van der Waals surface area contributed by atoms with Crippen molar-refractivity contribution in [1.82, 2.24) is 19.9 Å². The third-order valence-corrected chi connectivity index (χ3v) is 8.12. The normalized spacial score (nSPS) is 21.8. The van der Waals surface area contributed by atoms with Crippen LogP contribution in [0.1, 0.15) is 35.8 Å². The molecule has 0 aliphatic heterocycles. The Morgan fingerprint density at radius 3 is 2.41 bits per heavy atom. The number of halogens is 5. The van der Waals surface area contributed by atoms with Crippen LogP contribution in [0.3, 0.4) is 0 Å². The number of aliphatic hydroxyl groups is 3. The highest BCUT2D eigenvalue weighted by Gasteiger charge is 2.48. The molecule has 41 heavy (non-hydrogen) atoms. The number of hydrogen-bond acceptors (Lipinski definition) is 10. The summed E-state index contributed by atoms with van der Waals surface area (Å²) >= 11 is 1.23. The molecule has 15 heteroatoms. The average molecular weight is 597 g/mol. The summed E-state index contributed by atoms with van der Waals surface area (Å²) in [5.41, 5.74) is -1.71. The maximum atomic E-state index is 14.4. The molecular weight excluding hydrogens is 571 g/mol. The van der Waals surface area contributed by atoms with Gasteiger partial charge in [-0.25, -0.2) is 18.7 Å². The zero-order valence-corrected chi connectivity index (χ0v) is 22.5. The molecule has 1 aliphatic rings. The van der Waals surface area contributed by atoms with E-state index in [-0.39, 0.29) is 29.9 Å². The molecule has 9 nitrogen and oxygen atoms in total. The van der Waals surface area contributed by atoms with Crippen LogP contribution in [0, 0.1) is 31.4 Å². The van der Waals surface area contributed by atoms with E-state index >= 15 is 0 Å². The van der Waals surface area contributed by atoms with E-state index in [1.54, 1.807) is 19.2 Å². The van der Waals surface area contributed by atoms with Crippen LogP contribution in [-0.2, 0) is 0 Å². The fraction of sp³-hybridized carbons (Fsp3) is 0.385. The molecule has 1 aliphatic carbocycles. The van der Waals surface area contributed by atoms with E-state index in [9.17, 15) is 37.3 Å². The number of pyridine rings is 1. The lowest BCUT2D eigenvalue weighted by Crippen LogP contribution is -2.48. The molecule has 1 aromatic carbocycles. The quantitative estimate of drug-likeness (QED) is 0.153. The van der Waals surface area contributed by atoms with Crippen LogP contribution in [0.15, 0.2) is 30.5 Å². The monoisotopic (exact) mass is 596 g/mol. The first-order valence-corrected chi connectivity index (χ1v) is 13.3. The molecule has 218 valence electrons. The van der Waals surface area contributed by atoms with Gasteiger partial charge in [-0.15, -0.1) is 11.3 Å². The van der Waals surface area contributed by atoms with Crippen molar-refractivity contribution < 1.29 is 37.3 Å². The van der Waals surface area contributed by atoms with Crippen molar-refractivity contribution in [3.05, 3.63) is 59.0 Å². The second-order valence-corrected chi connectivity index (χ2v) is 10.9. The zero-order chi connectivity index (χ0) is 29.7. The summed E-state index contributed by atoms with van der Waals surface area (Å²) in [6.45, 7) is 2.83. The van der Waals surface area contributed by atoms with Gasteiger partial charge in [-0.3, -0.25) is 4.98 Å². The second kappa shape index (κ2) is 10.7.